The summed E-state index contributed by atoms with van der Waals surface area (Å²) in [6.45, 7) is 0.267. The molecule has 4 heteroatoms. The molecule has 0 fully saturated rings. The lowest BCUT2D eigenvalue weighted by molar-refractivity contribution is 0.174. The standard InChI is InChI=1S/C10H6ClNO2/c11-7-1-2-12-8-4-10-9(3-6(7)8)13-5-14-10/h1-4H,5H2. The van der Waals surface area contributed by atoms with Gasteiger partial charge in [-0.2, -0.15) is 0 Å². The second kappa shape index (κ2) is 2.75. The van der Waals surface area contributed by atoms with Crippen LogP contribution >= 0.6 is 11.6 Å². The van der Waals surface area contributed by atoms with Crippen molar-refractivity contribution in [2.24, 2.45) is 0 Å². The van der Waals surface area contributed by atoms with Gasteiger partial charge in [0.15, 0.2) is 11.5 Å². The molecule has 0 amide bonds. The third-order valence-corrected chi connectivity index (χ3v) is 2.51. The maximum Gasteiger partial charge on any atom is 0.231 e. The molecule has 0 saturated carbocycles. The summed E-state index contributed by atoms with van der Waals surface area (Å²) in [5.41, 5.74) is 0.821. The van der Waals surface area contributed by atoms with E-state index < -0.39 is 0 Å². The molecular weight excluding hydrogens is 202 g/mol. The van der Waals surface area contributed by atoms with Crippen molar-refractivity contribution in [3.63, 3.8) is 0 Å². The molecule has 14 heavy (non-hydrogen) atoms. The van der Waals surface area contributed by atoms with E-state index in [9.17, 15) is 0 Å². The molecule has 2 heterocycles. The molecule has 1 aromatic carbocycles. The summed E-state index contributed by atoms with van der Waals surface area (Å²) in [5, 5.41) is 1.56. The van der Waals surface area contributed by atoms with E-state index in [1.165, 1.54) is 0 Å². The number of rotatable bonds is 0. The third-order valence-electron chi connectivity index (χ3n) is 2.18. The molecule has 70 valence electrons. The first-order chi connectivity index (χ1) is 6.84. The molecule has 2 aromatic rings. The largest absolute Gasteiger partial charge is 0.454 e. The SMILES string of the molecule is Clc1ccnc2cc3c(cc12)OCO3. The molecule has 0 atom stereocenters. The Morgan fingerprint density at radius 3 is 2.86 bits per heavy atom. The molecule has 0 radical (unpaired) electrons. The third kappa shape index (κ3) is 1.02. The molecule has 0 N–H and O–H groups in total. The van der Waals surface area contributed by atoms with E-state index in [1.807, 2.05) is 12.1 Å². The number of ether oxygens (including phenoxy) is 2. The van der Waals surface area contributed by atoms with Gasteiger partial charge in [0, 0.05) is 17.6 Å². The average molecular weight is 208 g/mol. The zero-order valence-electron chi connectivity index (χ0n) is 7.16. The van der Waals surface area contributed by atoms with Crippen molar-refractivity contribution in [3.05, 3.63) is 29.4 Å². The van der Waals surface area contributed by atoms with Crippen LogP contribution in [0.1, 0.15) is 0 Å². The number of hydrogen-bond donors (Lipinski definition) is 0. The van der Waals surface area contributed by atoms with Gasteiger partial charge >= 0.3 is 0 Å². The summed E-state index contributed by atoms with van der Waals surface area (Å²) >= 11 is 6.02. The lowest BCUT2D eigenvalue weighted by Gasteiger charge is -2.01. The second-order valence-electron chi connectivity index (χ2n) is 3.02. The summed E-state index contributed by atoms with van der Waals surface area (Å²) in [6, 6.07) is 5.45. The molecule has 0 unspecified atom stereocenters. The van der Waals surface area contributed by atoms with Crippen LogP contribution in [0.2, 0.25) is 5.02 Å². The van der Waals surface area contributed by atoms with Gasteiger partial charge in [0.25, 0.3) is 0 Å². The van der Waals surface area contributed by atoms with E-state index in [0.29, 0.717) is 5.02 Å². The van der Waals surface area contributed by atoms with Crippen molar-refractivity contribution in [2.75, 3.05) is 6.79 Å². The fourth-order valence-corrected chi connectivity index (χ4v) is 1.71. The van der Waals surface area contributed by atoms with Crippen molar-refractivity contribution < 1.29 is 9.47 Å². The van der Waals surface area contributed by atoms with Crippen LogP contribution in [0.5, 0.6) is 11.5 Å². The van der Waals surface area contributed by atoms with E-state index in [4.69, 9.17) is 21.1 Å². The van der Waals surface area contributed by atoms with E-state index in [1.54, 1.807) is 12.3 Å². The number of hydrogen-bond acceptors (Lipinski definition) is 3. The Kier molecular flexibility index (Phi) is 1.55. The van der Waals surface area contributed by atoms with E-state index in [-0.39, 0.29) is 6.79 Å². The predicted molar refractivity (Wildman–Crippen MR) is 52.9 cm³/mol. The zero-order valence-corrected chi connectivity index (χ0v) is 7.91. The molecule has 0 spiro atoms. The first-order valence-corrected chi connectivity index (χ1v) is 4.56. The molecule has 1 aromatic heterocycles. The highest BCUT2D eigenvalue weighted by molar-refractivity contribution is 6.35. The van der Waals surface area contributed by atoms with E-state index in [0.717, 1.165) is 22.4 Å². The summed E-state index contributed by atoms with van der Waals surface area (Å²) in [7, 11) is 0. The monoisotopic (exact) mass is 207 g/mol. The summed E-state index contributed by atoms with van der Waals surface area (Å²) in [6.07, 6.45) is 1.67. The minimum atomic E-state index is 0.267. The van der Waals surface area contributed by atoms with Crippen LogP contribution in [-0.2, 0) is 0 Å². The Hall–Kier alpha value is -1.48. The molecule has 3 rings (SSSR count). The Bertz CT molecular complexity index is 513. The van der Waals surface area contributed by atoms with E-state index in [2.05, 4.69) is 4.98 Å². The zero-order chi connectivity index (χ0) is 9.54. The normalized spacial score (nSPS) is 13.5. The number of fused-ring (bicyclic) bond motifs is 2. The highest BCUT2D eigenvalue weighted by Crippen LogP contribution is 2.37. The minimum absolute atomic E-state index is 0.267. The first kappa shape index (κ1) is 7.88. The van der Waals surface area contributed by atoms with Gasteiger partial charge in [-0.15, -0.1) is 0 Å². The molecule has 1 aliphatic rings. The van der Waals surface area contributed by atoms with Crippen LogP contribution in [0.25, 0.3) is 10.9 Å². The van der Waals surface area contributed by atoms with Gasteiger partial charge in [0.2, 0.25) is 6.79 Å². The number of benzene rings is 1. The second-order valence-corrected chi connectivity index (χ2v) is 3.42. The first-order valence-electron chi connectivity index (χ1n) is 4.18. The number of pyridine rings is 1. The van der Waals surface area contributed by atoms with Crippen molar-refractivity contribution in [3.8, 4) is 11.5 Å². The number of halogens is 1. The average Bonchev–Trinajstić information content (AvgIpc) is 2.62. The minimum Gasteiger partial charge on any atom is -0.454 e. The fraction of sp³-hybridized carbons (Fsp3) is 0.100. The van der Waals surface area contributed by atoms with Crippen molar-refractivity contribution in [2.45, 2.75) is 0 Å². The van der Waals surface area contributed by atoms with Crippen molar-refractivity contribution >= 4 is 22.5 Å². The topological polar surface area (TPSA) is 31.4 Å². The van der Waals surface area contributed by atoms with Gasteiger partial charge in [-0.3, -0.25) is 4.98 Å². The predicted octanol–water partition coefficient (Wildman–Crippen LogP) is 2.62. The van der Waals surface area contributed by atoms with Crippen LogP contribution in [0.15, 0.2) is 24.4 Å². The molecule has 0 saturated heterocycles. The van der Waals surface area contributed by atoms with Gasteiger partial charge < -0.3 is 9.47 Å². The van der Waals surface area contributed by atoms with Crippen molar-refractivity contribution in [1.82, 2.24) is 4.98 Å². The highest BCUT2D eigenvalue weighted by atomic mass is 35.5. The van der Waals surface area contributed by atoms with Gasteiger partial charge in [0.05, 0.1) is 10.5 Å². The number of nitrogens with zero attached hydrogens (tertiary/aromatic N) is 1. The van der Waals surface area contributed by atoms with Crippen molar-refractivity contribution in [1.29, 1.82) is 0 Å². The Morgan fingerprint density at radius 2 is 2.00 bits per heavy atom. The van der Waals surface area contributed by atoms with Gasteiger partial charge in [0.1, 0.15) is 0 Å². The molecule has 0 aliphatic carbocycles. The quantitative estimate of drug-likeness (QED) is 0.666. The Balaban J connectivity index is 2.39. The lowest BCUT2D eigenvalue weighted by atomic mass is 10.2. The van der Waals surface area contributed by atoms with Crippen LogP contribution in [-0.4, -0.2) is 11.8 Å². The molecule has 3 nitrogen and oxygen atoms in total. The molecule has 0 bridgehead atoms. The smallest absolute Gasteiger partial charge is 0.231 e. The number of aromatic nitrogens is 1. The lowest BCUT2D eigenvalue weighted by Crippen LogP contribution is -1.92. The maximum atomic E-state index is 6.02. The van der Waals surface area contributed by atoms with Crippen LogP contribution in [0, 0.1) is 0 Å². The molecular formula is C10H6ClNO2. The fourth-order valence-electron chi connectivity index (χ4n) is 1.50. The van der Waals surface area contributed by atoms with Crippen LogP contribution in [0.3, 0.4) is 0 Å². The van der Waals surface area contributed by atoms with Gasteiger partial charge in [-0.05, 0) is 12.1 Å². The van der Waals surface area contributed by atoms with E-state index >= 15 is 0 Å². The van der Waals surface area contributed by atoms with Crippen LogP contribution in [0.4, 0.5) is 0 Å². The van der Waals surface area contributed by atoms with Crippen LogP contribution < -0.4 is 9.47 Å². The summed E-state index contributed by atoms with van der Waals surface area (Å²) in [5.74, 6) is 1.46. The summed E-state index contributed by atoms with van der Waals surface area (Å²) < 4.78 is 10.5. The van der Waals surface area contributed by atoms with Gasteiger partial charge in [-0.1, -0.05) is 11.6 Å². The Morgan fingerprint density at radius 1 is 1.21 bits per heavy atom. The summed E-state index contributed by atoms with van der Waals surface area (Å²) in [4.78, 5) is 4.20. The maximum absolute atomic E-state index is 6.02. The van der Waals surface area contributed by atoms with Gasteiger partial charge in [-0.25, -0.2) is 0 Å². The Labute approximate surface area is 85.2 Å². The molecule has 1 aliphatic heterocycles. The highest BCUT2D eigenvalue weighted by Gasteiger charge is 2.15.